The summed E-state index contributed by atoms with van der Waals surface area (Å²) < 4.78 is 40.1. The van der Waals surface area contributed by atoms with Crippen LogP contribution in [0.5, 0.6) is 11.5 Å². The summed E-state index contributed by atoms with van der Waals surface area (Å²) in [6.07, 6.45) is 4.32. The molecule has 0 radical (unpaired) electrons. The van der Waals surface area contributed by atoms with E-state index in [1.54, 1.807) is 24.3 Å². The molecule has 0 bridgehead atoms. The first kappa shape index (κ1) is 31.9. The van der Waals surface area contributed by atoms with Crippen LogP contribution >= 0.6 is 0 Å². The van der Waals surface area contributed by atoms with Crippen molar-refractivity contribution in [2.24, 2.45) is 0 Å². The van der Waals surface area contributed by atoms with E-state index in [2.05, 4.69) is 5.32 Å². The van der Waals surface area contributed by atoms with Crippen LogP contribution in [-0.4, -0.2) is 58.0 Å². The number of ether oxygens (including phenoxy) is 2. The lowest BCUT2D eigenvalue weighted by molar-refractivity contribution is -0.140. The number of hydrogen-bond donors (Lipinski definition) is 1. The molecule has 0 aliphatic heterocycles. The number of sulfonamides is 1. The van der Waals surface area contributed by atoms with Crippen LogP contribution in [0.25, 0.3) is 0 Å². The number of carbonyl (C=O) groups is 2. The van der Waals surface area contributed by atoms with Gasteiger partial charge in [-0.2, -0.15) is 0 Å². The Bertz CT molecular complexity index is 1490. The summed E-state index contributed by atoms with van der Waals surface area (Å²) in [5.41, 5.74) is 1.97. The van der Waals surface area contributed by atoms with E-state index in [-0.39, 0.29) is 29.1 Å². The number of rotatable bonds is 13. The highest BCUT2D eigenvalue weighted by Gasteiger charge is 2.35. The molecule has 0 aromatic heterocycles. The summed E-state index contributed by atoms with van der Waals surface area (Å²) in [6.45, 7) is 3.36. The van der Waals surface area contributed by atoms with Gasteiger partial charge in [-0.3, -0.25) is 13.9 Å². The third-order valence-corrected chi connectivity index (χ3v) is 9.61. The van der Waals surface area contributed by atoms with Crippen molar-refractivity contribution in [1.29, 1.82) is 0 Å². The molecule has 10 heteroatoms. The molecule has 0 unspecified atom stereocenters. The van der Waals surface area contributed by atoms with Gasteiger partial charge in [0.15, 0.2) is 11.5 Å². The number of anilines is 1. The number of amides is 2. The highest BCUT2D eigenvalue weighted by molar-refractivity contribution is 7.92. The van der Waals surface area contributed by atoms with Crippen LogP contribution < -0.4 is 19.1 Å². The molecule has 1 saturated carbocycles. The fraction of sp³-hybridized carbons (Fsp3) is 0.394. The largest absolute Gasteiger partial charge is 0.493 e. The van der Waals surface area contributed by atoms with Gasteiger partial charge in [-0.05, 0) is 56.0 Å². The zero-order chi connectivity index (χ0) is 31.0. The van der Waals surface area contributed by atoms with Crippen molar-refractivity contribution >= 4 is 27.5 Å². The molecule has 0 saturated heterocycles. The summed E-state index contributed by atoms with van der Waals surface area (Å²) >= 11 is 0. The van der Waals surface area contributed by atoms with Gasteiger partial charge < -0.3 is 19.7 Å². The van der Waals surface area contributed by atoms with Gasteiger partial charge in [0.05, 0.1) is 24.8 Å². The first-order valence-electron chi connectivity index (χ1n) is 14.6. The summed E-state index contributed by atoms with van der Waals surface area (Å²) in [5, 5.41) is 3.13. The van der Waals surface area contributed by atoms with Crippen LogP contribution in [0.3, 0.4) is 0 Å². The molecular formula is C33H41N3O6S. The highest BCUT2D eigenvalue weighted by Crippen LogP contribution is 2.34. The molecule has 3 aromatic carbocycles. The summed E-state index contributed by atoms with van der Waals surface area (Å²) in [5.74, 6) is 0.0196. The second-order valence-electron chi connectivity index (χ2n) is 10.8. The minimum Gasteiger partial charge on any atom is -0.493 e. The van der Waals surface area contributed by atoms with E-state index < -0.39 is 28.5 Å². The number of methoxy groups -OCH3 is 2. The van der Waals surface area contributed by atoms with Crippen molar-refractivity contribution in [3.63, 3.8) is 0 Å². The smallest absolute Gasteiger partial charge is 0.264 e. The maximum Gasteiger partial charge on any atom is 0.264 e. The van der Waals surface area contributed by atoms with Crippen molar-refractivity contribution in [3.05, 3.63) is 83.9 Å². The van der Waals surface area contributed by atoms with Crippen LogP contribution in [0.1, 0.15) is 50.2 Å². The van der Waals surface area contributed by atoms with Crippen LogP contribution in [0.2, 0.25) is 0 Å². The fourth-order valence-corrected chi connectivity index (χ4v) is 6.82. The molecule has 1 aliphatic rings. The molecule has 230 valence electrons. The van der Waals surface area contributed by atoms with Crippen molar-refractivity contribution in [1.82, 2.24) is 10.2 Å². The Hall–Kier alpha value is -4.05. The molecular weight excluding hydrogens is 566 g/mol. The zero-order valence-electron chi connectivity index (χ0n) is 25.3. The lowest BCUT2D eigenvalue weighted by Gasteiger charge is -2.34. The van der Waals surface area contributed by atoms with Gasteiger partial charge in [-0.15, -0.1) is 0 Å². The lowest BCUT2D eigenvalue weighted by Crippen LogP contribution is -2.53. The van der Waals surface area contributed by atoms with Crippen LogP contribution in [-0.2, 0) is 26.2 Å². The SMILES string of the molecule is CC[C@H](C(=O)NC1CCCC1)N(Cc1ccccc1)C(=O)CN(c1ccc(OC)c(OC)c1)S(=O)(=O)c1ccc(C)cc1. The lowest BCUT2D eigenvalue weighted by atomic mass is 10.1. The molecule has 1 fully saturated rings. The second kappa shape index (κ2) is 14.4. The molecule has 0 heterocycles. The number of nitrogens with one attached hydrogen (secondary N) is 1. The van der Waals surface area contributed by atoms with Crippen LogP contribution in [0.15, 0.2) is 77.7 Å². The molecule has 4 rings (SSSR count). The molecule has 1 N–H and O–H groups in total. The minimum absolute atomic E-state index is 0.0429. The first-order valence-corrected chi connectivity index (χ1v) is 16.1. The van der Waals surface area contributed by atoms with Gasteiger partial charge in [-0.1, -0.05) is 67.8 Å². The maximum absolute atomic E-state index is 14.3. The molecule has 3 aromatic rings. The molecule has 2 amide bonds. The Labute approximate surface area is 254 Å². The van der Waals surface area contributed by atoms with Gasteiger partial charge in [0, 0.05) is 18.7 Å². The number of hydrogen-bond acceptors (Lipinski definition) is 6. The van der Waals surface area contributed by atoms with E-state index >= 15 is 0 Å². The maximum atomic E-state index is 14.3. The normalized spacial score (nSPS) is 14.1. The van der Waals surface area contributed by atoms with Crippen molar-refractivity contribution in [2.45, 2.75) is 69.5 Å². The van der Waals surface area contributed by atoms with E-state index in [9.17, 15) is 18.0 Å². The first-order chi connectivity index (χ1) is 20.7. The van der Waals surface area contributed by atoms with Gasteiger partial charge in [0.25, 0.3) is 10.0 Å². The average molecular weight is 608 g/mol. The number of aryl methyl sites for hydroxylation is 1. The molecule has 1 aliphatic carbocycles. The van der Waals surface area contributed by atoms with Crippen molar-refractivity contribution in [2.75, 3.05) is 25.1 Å². The molecule has 0 spiro atoms. The highest BCUT2D eigenvalue weighted by atomic mass is 32.2. The monoisotopic (exact) mass is 607 g/mol. The van der Waals surface area contributed by atoms with E-state index in [4.69, 9.17) is 9.47 Å². The number of nitrogens with zero attached hydrogens (tertiary/aromatic N) is 2. The van der Waals surface area contributed by atoms with Gasteiger partial charge >= 0.3 is 0 Å². The fourth-order valence-electron chi connectivity index (χ4n) is 5.41. The zero-order valence-corrected chi connectivity index (χ0v) is 26.1. The van der Waals surface area contributed by atoms with Crippen LogP contribution in [0, 0.1) is 6.92 Å². The van der Waals surface area contributed by atoms with Crippen molar-refractivity contribution < 1.29 is 27.5 Å². The van der Waals surface area contributed by atoms with Crippen LogP contribution in [0.4, 0.5) is 5.69 Å². The summed E-state index contributed by atoms with van der Waals surface area (Å²) in [4.78, 5) is 29.4. The van der Waals surface area contributed by atoms with Gasteiger partial charge in [-0.25, -0.2) is 8.42 Å². The number of carbonyl (C=O) groups excluding carboxylic acids is 2. The molecule has 9 nitrogen and oxygen atoms in total. The summed E-state index contributed by atoms with van der Waals surface area (Å²) in [6, 6.07) is 19.9. The topological polar surface area (TPSA) is 105 Å². The van der Waals surface area contributed by atoms with Gasteiger partial charge in [0.2, 0.25) is 11.8 Å². The summed E-state index contributed by atoms with van der Waals surface area (Å²) in [7, 11) is -1.25. The Morgan fingerprint density at radius 1 is 0.930 bits per heavy atom. The average Bonchev–Trinajstić information content (AvgIpc) is 3.53. The third kappa shape index (κ3) is 7.67. The van der Waals surface area contributed by atoms with E-state index in [1.807, 2.05) is 44.2 Å². The van der Waals surface area contributed by atoms with Gasteiger partial charge in [0.1, 0.15) is 12.6 Å². The number of benzene rings is 3. The third-order valence-electron chi connectivity index (χ3n) is 7.83. The second-order valence-corrected chi connectivity index (χ2v) is 12.6. The standard InChI is InChI=1S/C33H41N3O6S/c1-5-29(33(38)34-26-13-9-10-14-26)35(22-25-11-7-6-8-12-25)32(37)23-36(27-17-20-30(41-3)31(21-27)42-4)43(39,40)28-18-15-24(2)16-19-28/h6-8,11-12,15-21,26,29H,5,9-10,13-14,22-23H2,1-4H3,(H,34,38)/t29-/m1/s1. The van der Waals surface area contributed by atoms with E-state index in [1.165, 1.54) is 37.3 Å². The Kier molecular flexibility index (Phi) is 10.7. The predicted molar refractivity (Wildman–Crippen MR) is 167 cm³/mol. The Balaban J connectivity index is 1.74. The Morgan fingerprint density at radius 2 is 1.58 bits per heavy atom. The molecule has 43 heavy (non-hydrogen) atoms. The van der Waals surface area contributed by atoms with E-state index in [0.717, 1.165) is 41.1 Å². The van der Waals surface area contributed by atoms with E-state index in [0.29, 0.717) is 17.9 Å². The molecule has 1 atom stereocenters. The van der Waals surface area contributed by atoms with Crippen molar-refractivity contribution in [3.8, 4) is 11.5 Å². The quantitative estimate of drug-likeness (QED) is 0.291. The minimum atomic E-state index is -4.20. The predicted octanol–water partition coefficient (Wildman–Crippen LogP) is 5.07. The Morgan fingerprint density at radius 3 is 2.19 bits per heavy atom.